The minimum absolute atomic E-state index is 0.0289. The fourth-order valence-corrected chi connectivity index (χ4v) is 13.5. The molecule has 1 aliphatic heterocycles. The Bertz CT molecular complexity index is 1730. The van der Waals surface area contributed by atoms with Gasteiger partial charge in [0.15, 0.2) is 0 Å². The standard InChI is InChI=1S/C44H66N4O4/c1-9-10-19-51-38(49)44-15-13-39(2,3)25-32(44)35-30(28-22-29(52-27-28)26-48-17-20-50-21-18-48)23-34-41(6)24-31-36(46-47-37(31)45)40(4,5)33(41)11-12-42(34,7)43(35,8)14-16-44/h22,27,32-34H,9-21,23-26H2,1-8H3,(H3,45,46,47)/t32-,33-,34?,41-,42+,43+,44-/m0/s1. The molecule has 2 aromatic rings. The molecule has 0 amide bonds. The number of hydrogen-bond acceptors (Lipinski definition) is 7. The van der Waals surface area contributed by atoms with Crippen molar-refractivity contribution in [2.75, 3.05) is 38.6 Å². The zero-order valence-corrected chi connectivity index (χ0v) is 33.5. The molecule has 1 unspecified atom stereocenters. The van der Waals surface area contributed by atoms with Crippen LogP contribution >= 0.6 is 0 Å². The number of nitrogens with two attached hydrogens (primary N) is 1. The molecule has 1 saturated heterocycles. The molecular weight excluding hydrogens is 649 g/mol. The Morgan fingerprint density at radius 2 is 1.79 bits per heavy atom. The van der Waals surface area contributed by atoms with Gasteiger partial charge in [0.1, 0.15) is 11.6 Å². The van der Waals surface area contributed by atoms with Gasteiger partial charge in [-0.2, -0.15) is 5.10 Å². The summed E-state index contributed by atoms with van der Waals surface area (Å²) in [5.74, 6) is 2.90. The molecule has 2 aromatic heterocycles. The smallest absolute Gasteiger partial charge is 0.312 e. The lowest BCUT2D eigenvalue weighted by Crippen LogP contribution is -2.65. The third-order valence-corrected chi connectivity index (χ3v) is 16.6. The van der Waals surface area contributed by atoms with Gasteiger partial charge in [-0.05, 0) is 115 Å². The van der Waals surface area contributed by atoms with Gasteiger partial charge in [0.05, 0.1) is 43.7 Å². The lowest BCUT2D eigenvalue weighted by Gasteiger charge is -2.71. The van der Waals surface area contributed by atoms with E-state index in [2.05, 4.69) is 77.7 Å². The summed E-state index contributed by atoms with van der Waals surface area (Å²) in [7, 11) is 0. The van der Waals surface area contributed by atoms with Gasteiger partial charge in [0.2, 0.25) is 0 Å². The number of nitrogen functional groups attached to an aromatic ring is 1. The number of furan rings is 1. The van der Waals surface area contributed by atoms with Crippen molar-refractivity contribution in [3.8, 4) is 0 Å². The van der Waals surface area contributed by atoms with Gasteiger partial charge in [-0.3, -0.25) is 14.8 Å². The molecule has 0 bridgehead atoms. The van der Waals surface area contributed by atoms with Crippen LogP contribution in [0, 0.1) is 44.8 Å². The summed E-state index contributed by atoms with van der Waals surface area (Å²) in [5.41, 5.74) is 13.0. The second kappa shape index (κ2) is 12.5. The number of aromatic amines is 1. The molecule has 4 fully saturated rings. The van der Waals surface area contributed by atoms with Crippen molar-refractivity contribution in [3.05, 3.63) is 40.5 Å². The van der Waals surface area contributed by atoms with Crippen LogP contribution < -0.4 is 5.73 Å². The molecular formula is C44H66N4O4. The van der Waals surface area contributed by atoms with E-state index >= 15 is 0 Å². The normalized spacial score (nSPS) is 38.0. The number of nitrogens with zero attached hydrogens (tertiary/aromatic N) is 2. The van der Waals surface area contributed by atoms with Crippen molar-refractivity contribution in [2.45, 2.75) is 138 Å². The first-order valence-corrected chi connectivity index (χ1v) is 20.7. The van der Waals surface area contributed by atoms with Gasteiger partial charge in [0.25, 0.3) is 0 Å². The van der Waals surface area contributed by atoms with E-state index in [0.717, 1.165) is 102 Å². The Hall–Kier alpha value is -2.58. The summed E-state index contributed by atoms with van der Waals surface area (Å²) in [6.45, 7) is 24.5. The molecule has 52 heavy (non-hydrogen) atoms. The third-order valence-electron chi connectivity index (χ3n) is 16.6. The average molecular weight is 715 g/mol. The second-order valence-corrected chi connectivity index (χ2v) is 20.1. The summed E-state index contributed by atoms with van der Waals surface area (Å²) < 4.78 is 18.4. The first-order chi connectivity index (χ1) is 24.6. The van der Waals surface area contributed by atoms with Crippen LogP contribution in [-0.4, -0.2) is 54.0 Å². The number of hydrogen-bond donors (Lipinski definition) is 2. The highest BCUT2D eigenvalue weighted by molar-refractivity contribution is 5.81. The Morgan fingerprint density at radius 3 is 2.54 bits per heavy atom. The van der Waals surface area contributed by atoms with Gasteiger partial charge in [-0.25, -0.2) is 0 Å². The monoisotopic (exact) mass is 715 g/mol. The fourth-order valence-electron chi connectivity index (χ4n) is 13.5. The highest BCUT2D eigenvalue weighted by Crippen LogP contribution is 2.77. The van der Waals surface area contributed by atoms with Crippen LogP contribution in [0.5, 0.6) is 0 Å². The van der Waals surface area contributed by atoms with E-state index in [1.54, 1.807) is 5.57 Å². The molecule has 0 radical (unpaired) electrons. The predicted octanol–water partition coefficient (Wildman–Crippen LogP) is 9.10. The van der Waals surface area contributed by atoms with Crippen molar-refractivity contribution >= 4 is 17.4 Å². The van der Waals surface area contributed by atoms with E-state index in [9.17, 15) is 4.79 Å². The zero-order valence-electron chi connectivity index (χ0n) is 33.5. The molecule has 8 heteroatoms. The molecule has 0 spiro atoms. The van der Waals surface area contributed by atoms with Crippen LogP contribution in [0.4, 0.5) is 5.82 Å². The first-order valence-electron chi connectivity index (χ1n) is 20.7. The molecule has 8 rings (SSSR count). The minimum atomic E-state index is -0.471. The highest BCUT2D eigenvalue weighted by atomic mass is 16.5. The number of morpholine rings is 1. The molecule has 3 heterocycles. The number of aromatic nitrogens is 2. The summed E-state index contributed by atoms with van der Waals surface area (Å²) in [6.07, 6.45) is 13.2. The SMILES string of the molecule is CCCCOC(=O)[C@]12CCC(C)(C)C[C@H]1C1=C(c3coc(CN4CCOCC4)c3)CC3[C@@]4(C)Cc5c(n[nH]c5N)C(C)(C)[C@@H]4CC[C@@]3(C)[C@]1(C)CC2. The van der Waals surface area contributed by atoms with Crippen LogP contribution in [-0.2, 0) is 32.6 Å². The van der Waals surface area contributed by atoms with Crippen LogP contribution in [0.15, 0.2) is 22.3 Å². The Morgan fingerprint density at radius 1 is 1.04 bits per heavy atom. The summed E-state index contributed by atoms with van der Waals surface area (Å²) in [5, 5.41) is 8.02. The van der Waals surface area contributed by atoms with E-state index < -0.39 is 5.41 Å². The van der Waals surface area contributed by atoms with Crippen molar-refractivity contribution in [1.82, 2.24) is 15.1 Å². The van der Waals surface area contributed by atoms with E-state index in [1.165, 1.54) is 35.2 Å². The van der Waals surface area contributed by atoms with Gasteiger partial charge < -0.3 is 19.6 Å². The van der Waals surface area contributed by atoms with E-state index in [1.807, 2.05) is 0 Å². The topological polar surface area (TPSA) is 107 Å². The number of anilines is 1. The maximum absolute atomic E-state index is 14.6. The lowest BCUT2D eigenvalue weighted by atomic mass is 9.33. The second-order valence-electron chi connectivity index (χ2n) is 20.1. The number of nitrogens with one attached hydrogen (secondary N) is 1. The van der Waals surface area contributed by atoms with Crippen molar-refractivity contribution < 1.29 is 18.7 Å². The molecule has 5 aliphatic carbocycles. The molecule has 3 saturated carbocycles. The van der Waals surface area contributed by atoms with Gasteiger partial charge >= 0.3 is 5.97 Å². The lowest BCUT2D eigenvalue weighted by molar-refractivity contribution is -0.180. The maximum Gasteiger partial charge on any atom is 0.312 e. The average Bonchev–Trinajstić information content (AvgIpc) is 3.71. The molecule has 7 atom stereocenters. The third kappa shape index (κ3) is 5.26. The Balaban J connectivity index is 1.30. The van der Waals surface area contributed by atoms with Crippen molar-refractivity contribution in [1.29, 1.82) is 0 Å². The van der Waals surface area contributed by atoms with Crippen molar-refractivity contribution in [3.63, 3.8) is 0 Å². The van der Waals surface area contributed by atoms with Crippen molar-refractivity contribution in [2.24, 2.45) is 44.8 Å². The first kappa shape index (κ1) is 36.4. The molecule has 8 nitrogen and oxygen atoms in total. The number of rotatable bonds is 7. The van der Waals surface area contributed by atoms with Gasteiger partial charge in [-0.15, -0.1) is 0 Å². The molecule has 3 N–H and O–H groups in total. The Kier molecular flexibility index (Phi) is 8.73. The van der Waals surface area contributed by atoms with Gasteiger partial charge in [-0.1, -0.05) is 67.4 Å². The van der Waals surface area contributed by atoms with Crippen LogP contribution in [0.3, 0.4) is 0 Å². The molecule has 6 aliphatic rings. The highest BCUT2D eigenvalue weighted by Gasteiger charge is 2.70. The number of ether oxygens (including phenoxy) is 2. The number of H-pyrrole nitrogens is 1. The number of fused-ring (bicyclic) bond motifs is 8. The molecule has 286 valence electrons. The quantitative estimate of drug-likeness (QED) is 0.218. The van der Waals surface area contributed by atoms with E-state index in [-0.39, 0.29) is 39.0 Å². The zero-order chi connectivity index (χ0) is 36.9. The number of allylic oxidation sites excluding steroid dienone is 2. The molecule has 0 aromatic carbocycles. The number of carbonyl (C=O) groups excluding carboxylic acids is 1. The van der Waals surface area contributed by atoms with E-state index in [4.69, 9.17) is 24.7 Å². The summed E-state index contributed by atoms with van der Waals surface area (Å²) >= 11 is 0. The summed E-state index contributed by atoms with van der Waals surface area (Å²) in [4.78, 5) is 17.0. The summed E-state index contributed by atoms with van der Waals surface area (Å²) in [6, 6.07) is 2.35. The number of esters is 1. The minimum Gasteiger partial charge on any atom is -0.467 e. The number of carbonyl (C=O) groups is 1. The van der Waals surface area contributed by atoms with Gasteiger partial charge in [0, 0.05) is 29.6 Å². The van der Waals surface area contributed by atoms with E-state index in [0.29, 0.717) is 18.4 Å². The number of unbranched alkanes of at least 4 members (excludes halogenated alkanes) is 1. The fraction of sp³-hybridized carbons (Fsp3) is 0.773. The predicted molar refractivity (Wildman–Crippen MR) is 205 cm³/mol. The Labute approximate surface area is 312 Å². The van der Waals surface area contributed by atoms with Crippen LogP contribution in [0.25, 0.3) is 5.57 Å². The maximum atomic E-state index is 14.6. The van der Waals surface area contributed by atoms with Crippen LogP contribution in [0.1, 0.15) is 142 Å². The largest absolute Gasteiger partial charge is 0.467 e. The van der Waals surface area contributed by atoms with Crippen LogP contribution in [0.2, 0.25) is 0 Å².